The van der Waals surface area contributed by atoms with Gasteiger partial charge in [0.2, 0.25) is 11.8 Å². The molecular formula is C48H47ClN8O5. The van der Waals surface area contributed by atoms with Crippen LogP contribution in [-0.2, 0) is 35.9 Å². The van der Waals surface area contributed by atoms with E-state index < -0.39 is 0 Å². The van der Waals surface area contributed by atoms with Gasteiger partial charge >= 0.3 is 0 Å². The quantitative estimate of drug-likeness (QED) is 0.0848. The zero-order valence-corrected chi connectivity index (χ0v) is 35.4. The largest absolute Gasteiger partial charge is 0.489 e. The molecule has 2 aliphatic rings. The number of halogens is 1. The molecule has 316 valence electrons. The molecule has 2 amide bonds. The summed E-state index contributed by atoms with van der Waals surface area (Å²) in [6.45, 7) is 6.57. The molecule has 13 nitrogen and oxygen atoms in total. The molecule has 3 aromatic carbocycles. The van der Waals surface area contributed by atoms with E-state index >= 15 is 0 Å². The number of ether oxygens (including phenoxy) is 2. The molecular weight excluding hydrogens is 804 g/mol. The molecule has 0 bridgehead atoms. The van der Waals surface area contributed by atoms with Crippen LogP contribution in [0.25, 0.3) is 27.9 Å². The first-order valence-corrected chi connectivity index (χ1v) is 21.1. The second-order valence-electron chi connectivity index (χ2n) is 15.8. The van der Waals surface area contributed by atoms with Gasteiger partial charge in [-0.2, -0.15) is 5.26 Å². The zero-order valence-electron chi connectivity index (χ0n) is 34.6. The molecule has 0 aliphatic carbocycles. The van der Waals surface area contributed by atoms with Crippen molar-refractivity contribution in [1.82, 2.24) is 35.6 Å². The minimum absolute atomic E-state index is 0.0646. The Labute approximate surface area is 364 Å². The van der Waals surface area contributed by atoms with E-state index in [9.17, 15) is 19.6 Å². The van der Waals surface area contributed by atoms with Crippen molar-refractivity contribution in [2.24, 2.45) is 0 Å². The highest BCUT2D eigenvalue weighted by Crippen LogP contribution is 2.37. The molecule has 6 aromatic rings. The molecule has 2 aliphatic heterocycles. The van der Waals surface area contributed by atoms with E-state index in [1.54, 1.807) is 29.1 Å². The Morgan fingerprint density at radius 3 is 2.16 bits per heavy atom. The number of carbonyl (C=O) groups excluding carboxylic acids is 2. The van der Waals surface area contributed by atoms with E-state index in [1.807, 2.05) is 49.4 Å². The summed E-state index contributed by atoms with van der Waals surface area (Å²) in [5.74, 6) is 1.46. The van der Waals surface area contributed by atoms with E-state index in [2.05, 4.69) is 62.4 Å². The normalized spacial score (nSPS) is 16.0. The van der Waals surface area contributed by atoms with Gasteiger partial charge in [-0.15, -0.1) is 0 Å². The van der Waals surface area contributed by atoms with Crippen LogP contribution in [0, 0.1) is 25.2 Å². The topological polar surface area (TPSA) is 172 Å². The maximum absolute atomic E-state index is 13.4. The lowest BCUT2D eigenvalue weighted by Crippen LogP contribution is -2.36. The summed E-state index contributed by atoms with van der Waals surface area (Å²) in [6.07, 6.45) is 9.24. The summed E-state index contributed by atoms with van der Waals surface area (Å²) in [5.41, 5.74) is 9.84. The Morgan fingerprint density at radius 1 is 0.774 bits per heavy atom. The number of hydrogen-bond donors (Lipinski definition) is 4. The predicted octanol–water partition coefficient (Wildman–Crippen LogP) is 6.46. The fourth-order valence-electron chi connectivity index (χ4n) is 8.09. The SMILES string of the molecule is Cc1c(OCc2cc(OCc3cncc(C#N)c3)c(CNCC3CCC(=O)N3)cc2Cl)cccc1-c1cccc(-c2ccn3c(=O)c(CNCC4CCC(=O)N4)cnc3c2)c1C. The van der Waals surface area contributed by atoms with Gasteiger partial charge in [-0.3, -0.25) is 23.8 Å². The van der Waals surface area contributed by atoms with Crippen molar-refractivity contribution >= 4 is 29.1 Å². The number of amides is 2. The summed E-state index contributed by atoms with van der Waals surface area (Å²) in [4.78, 5) is 45.4. The lowest BCUT2D eigenvalue weighted by molar-refractivity contribution is -0.120. The number of fused-ring (bicyclic) bond motifs is 1. The standard InChI is InChI=1S/C48H47ClN8O5/c1-29-39(33-13-14-57-45(18-33)54-24-36(48(57)60)23-53-26-38-10-12-47(59)56-38)5-3-6-40(29)41-7-4-8-43(30(41)2)62-28-35-17-44(61-27-32-15-31(19-50)20-51-21-32)34(16-42(35)49)22-52-25-37-9-11-46(58)55-37/h3-8,13-18,20-21,24,37-38,52-53H,9-12,22-23,25-28H2,1-2H3,(H,55,58)(H,56,59). The molecule has 3 aromatic heterocycles. The molecule has 62 heavy (non-hydrogen) atoms. The zero-order chi connectivity index (χ0) is 43.2. The molecule has 2 atom stereocenters. The molecule has 2 saturated heterocycles. The van der Waals surface area contributed by atoms with Crippen molar-refractivity contribution in [3.63, 3.8) is 0 Å². The van der Waals surface area contributed by atoms with Gasteiger partial charge in [0.05, 0.1) is 5.56 Å². The predicted molar refractivity (Wildman–Crippen MR) is 237 cm³/mol. The van der Waals surface area contributed by atoms with Gasteiger partial charge in [0.1, 0.15) is 36.4 Å². The molecule has 2 fully saturated rings. The van der Waals surface area contributed by atoms with E-state index in [0.29, 0.717) is 72.3 Å². The van der Waals surface area contributed by atoms with E-state index in [1.165, 1.54) is 6.20 Å². The average Bonchev–Trinajstić information content (AvgIpc) is 3.90. The maximum Gasteiger partial charge on any atom is 0.262 e. The third-order valence-corrected chi connectivity index (χ3v) is 11.9. The van der Waals surface area contributed by atoms with Gasteiger partial charge in [-0.05, 0) is 96.5 Å². The first kappa shape index (κ1) is 42.1. The molecule has 8 rings (SSSR count). The summed E-state index contributed by atoms with van der Waals surface area (Å²) in [5, 5.41) is 22.5. The van der Waals surface area contributed by atoms with Crippen LogP contribution in [0.3, 0.4) is 0 Å². The average molecular weight is 851 g/mol. The first-order chi connectivity index (χ1) is 30.1. The summed E-state index contributed by atoms with van der Waals surface area (Å²) >= 11 is 6.91. The van der Waals surface area contributed by atoms with Crippen molar-refractivity contribution in [3.05, 3.63) is 146 Å². The Balaban J connectivity index is 0.985. The molecule has 2 unspecified atom stereocenters. The highest BCUT2D eigenvalue weighted by molar-refractivity contribution is 6.31. The van der Waals surface area contributed by atoms with Crippen LogP contribution in [0.1, 0.15) is 64.6 Å². The monoisotopic (exact) mass is 850 g/mol. The Bertz CT molecular complexity index is 2770. The molecule has 4 N–H and O–H groups in total. The summed E-state index contributed by atoms with van der Waals surface area (Å²) < 4.78 is 14.4. The summed E-state index contributed by atoms with van der Waals surface area (Å²) in [7, 11) is 0. The first-order valence-electron chi connectivity index (χ1n) is 20.7. The van der Waals surface area contributed by atoms with E-state index in [0.717, 1.165) is 62.9 Å². The number of hydrogen-bond acceptors (Lipinski definition) is 10. The fourth-order valence-corrected chi connectivity index (χ4v) is 8.33. The van der Waals surface area contributed by atoms with Crippen molar-refractivity contribution < 1.29 is 19.1 Å². The molecule has 0 saturated carbocycles. The van der Waals surface area contributed by atoms with Gasteiger partial charge in [0.25, 0.3) is 5.56 Å². The lowest BCUT2D eigenvalue weighted by Gasteiger charge is -2.19. The van der Waals surface area contributed by atoms with Crippen LogP contribution < -0.4 is 36.3 Å². The van der Waals surface area contributed by atoms with Gasteiger partial charge in [0, 0.05) is 103 Å². The van der Waals surface area contributed by atoms with Gasteiger partial charge in [0.15, 0.2) is 0 Å². The third-order valence-electron chi connectivity index (χ3n) is 11.5. The van der Waals surface area contributed by atoms with Crippen molar-refractivity contribution in [2.45, 2.75) is 77.9 Å². The van der Waals surface area contributed by atoms with Crippen LogP contribution in [0.2, 0.25) is 5.02 Å². The molecule has 0 radical (unpaired) electrons. The van der Waals surface area contributed by atoms with Crippen molar-refractivity contribution in [3.8, 4) is 39.8 Å². The number of carbonyl (C=O) groups is 2. The molecule has 5 heterocycles. The number of pyridine rings is 2. The number of aromatic nitrogens is 3. The molecule has 0 spiro atoms. The Hall–Kier alpha value is -6.59. The number of nitriles is 1. The van der Waals surface area contributed by atoms with Gasteiger partial charge < -0.3 is 30.7 Å². The van der Waals surface area contributed by atoms with Crippen LogP contribution in [0.4, 0.5) is 0 Å². The smallest absolute Gasteiger partial charge is 0.262 e. The van der Waals surface area contributed by atoms with E-state index in [4.69, 9.17) is 21.1 Å². The minimum Gasteiger partial charge on any atom is -0.489 e. The second kappa shape index (κ2) is 19.0. The second-order valence-corrected chi connectivity index (χ2v) is 16.2. The van der Waals surface area contributed by atoms with Crippen LogP contribution in [-0.4, -0.2) is 51.4 Å². The third kappa shape index (κ3) is 9.63. The van der Waals surface area contributed by atoms with Gasteiger partial charge in [-0.25, -0.2) is 4.98 Å². The highest BCUT2D eigenvalue weighted by atomic mass is 35.5. The Morgan fingerprint density at radius 2 is 1.45 bits per heavy atom. The summed E-state index contributed by atoms with van der Waals surface area (Å²) in [6, 6.07) is 23.9. The van der Waals surface area contributed by atoms with Crippen molar-refractivity contribution in [2.75, 3.05) is 13.1 Å². The number of nitrogens with zero attached hydrogens (tertiary/aromatic N) is 4. The maximum atomic E-state index is 13.4. The van der Waals surface area contributed by atoms with E-state index in [-0.39, 0.29) is 42.7 Å². The fraction of sp³-hybridized carbons (Fsp3) is 0.292. The lowest BCUT2D eigenvalue weighted by atomic mass is 9.91. The van der Waals surface area contributed by atoms with Gasteiger partial charge in [-0.1, -0.05) is 41.9 Å². The van der Waals surface area contributed by atoms with Crippen molar-refractivity contribution in [1.29, 1.82) is 5.26 Å². The number of nitrogens with one attached hydrogen (secondary N) is 4. The molecule has 14 heteroatoms. The number of benzene rings is 3. The minimum atomic E-state index is -0.132. The van der Waals surface area contributed by atoms with Crippen LogP contribution >= 0.6 is 11.6 Å². The highest BCUT2D eigenvalue weighted by Gasteiger charge is 2.22. The van der Waals surface area contributed by atoms with Crippen LogP contribution in [0.5, 0.6) is 11.5 Å². The number of rotatable bonds is 16. The Kier molecular flexibility index (Phi) is 12.9. The van der Waals surface area contributed by atoms with Crippen LogP contribution in [0.15, 0.2) is 96.3 Å².